The van der Waals surface area contributed by atoms with Crippen LogP contribution in [0.25, 0.3) is 0 Å². The molecule has 1 fully saturated rings. The van der Waals surface area contributed by atoms with E-state index in [1.807, 2.05) is 32.0 Å². The first kappa shape index (κ1) is 15.8. The molecule has 1 aliphatic heterocycles. The van der Waals surface area contributed by atoms with E-state index in [0.29, 0.717) is 13.2 Å². The molecule has 21 heavy (non-hydrogen) atoms. The quantitative estimate of drug-likeness (QED) is 0.756. The minimum atomic E-state index is -0.0553. The number of rotatable bonds is 6. The van der Waals surface area contributed by atoms with Crippen molar-refractivity contribution < 1.29 is 14.3 Å². The highest BCUT2D eigenvalue weighted by atomic mass is 16.5. The first-order valence-corrected chi connectivity index (χ1v) is 7.84. The van der Waals surface area contributed by atoms with E-state index in [0.717, 1.165) is 38.2 Å². The van der Waals surface area contributed by atoms with Crippen LogP contribution >= 0.6 is 0 Å². The predicted molar refractivity (Wildman–Crippen MR) is 82.2 cm³/mol. The molecule has 2 rings (SSSR count). The summed E-state index contributed by atoms with van der Waals surface area (Å²) in [5.41, 5.74) is 1.18. The van der Waals surface area contributed by atoms with E-state index < -0.39 is 0 Å². The molecule has 0 N–H and O–H groups in total. The number of para-hydroxylation sites is 1. The van der Waals surface area contributed by atoms with Gasteiger partial charge in [0, 0.05) is 18.7 Å². The van der Waals surface area contributed by atoms with Gasteiger partial charge in [0.2, 0.25) is 0 Å². The van der Waals surface area contributed by atoms with Gasteiger partial charge >= 0.3 is 5.97 Å². The maximum absolute atomic E-state index is 11.9. The summed E-state index contributed by atoms with van der Waals surface area (Å²) in [6.45, 7) is 7.61. The summed E-state index contributed by atoms with van der Waals surface area (Å²) in [6.07, 6.45) is 1.97. The number of likely N-dealkylation sites (tertiary alicyclic amines) is 1. The second kappa shape index (κ2) is 8.03. The molecule has 1 saturated heterocycles. The molecule has 1 heterocycles. The van der Waals surface area contributed by atoms with Crippen LogP contribution in [0.1, 0.15) is 32.3 Å². The van der Waals surface area contributed by atoms with Gasteiger partial charge in [-0.05, 0) is 39.3 Å². The second-order valence-electron chi connectivity index (χ2n) is 5.37. The van der Waals surface area contributed by atoms with E-state index in [1.54, 1.807) is 0 Å². The normalized spacial score (nSPS) is 19.2. The number of piperidine rings is 1. The lowest BCUT2D eigenvalue weighted by Gasteiger charge is -2.31. The summed E-state index contributed by atoms with van der Waals surface area (Å²) in [5.74, 6) is 0.900. The SMILES string of the molecule is CCOC(=O)[C@@H]1CCCN(Cc2ccccc2OCC)C1. The molecule has 1 aliphatic rings. The molecular weight excluding hydrogens is 266 g/mol. The maximum Gasteiger partial charge on any atom is 0.310 e. The number of carbonyl (C=O) groups excluding carboxylic acids is 1. The highest BCUT2D eigenvalue weighted by Crippen LogP contribution is 2.24. The van der Waals surface area contributed by atoms with Crippen molar-refractivity contribution >= 4 is 5.97 Å². The summed E-state index contributed by atoms with van der Waals surface area (Å²) in [7, 11) is 0. The summed E-state index contributed by atoms with van der Waals surface area (Å²) < 4.78 is 10.8. The topological polar surface area (TPSA) is 38.8 Å². The van der Waals surface area contributed by atoms with Gasteiger partial charge in [0.05, 0.1) is 19.1 Å². The lowest BCUT2D eigenvalue weighted by Crippen LogP contribution is -2.39. The number of hydrogen-bond donors (Lipinski definition) is 0. The Hall–Kier alpha value is -1.55. The number of carbonyl (C=O) groups is 1. The van der Waals surface area contributed by atoms with Crippen LogP contribution in [0, 0.1) is 5.92 Å². The Balaban J connectivity index is 1.98. The van der Waals surface area contributed by atoms with Crippen molar-refractivity contribution in [2.24, 2.45) is 5.92 Å². The molecule has 1 atom stereocenters. The molecule has 0 amide bonds. The van der Waals surface area contributed by atoms with E-state index in [2.05, 4.69) is 11.0 Å². The third-order valence-electron chi connectivity index (χ3n) is 3.79. The maximum atomic E-state index is 11.9. The molecule has 0 aliphatic carbocycles. The first-order valence-electron chi connectivity index (χ1n) is 7.84. The fourth-order valence-electron chi connectivity index (χ4n) is 2.82. The summed E-state index contributed by atoms with van der Waals surface area (Å²) in [6, 6.07) is 8.13. The van der Waals surface area contributed by atoms with Gasteiger partial charge in [-0.25, -0.2) is 0 Å². The minimum Gasteiger partial charge on any atom is -0.494 e. The number of esters is 1. The Bertz CT molecular complexity index is 461. The van der Waals surface area contributed by atoms with E-state index in [-0.39, 0.29) is 11.9 Å². The fourth-order valence-corrected chi connectivity index (χ4v) is 2.82. The van der Waals surface area contributed by atoms with Crippen LogP contribution < -0.4 is 4.74 Å². The van der Waals surface area contributed by atoms with E-state index >= 15 is 0 Å². The molecule has 4 heteroatoms. The highest BCUT2D eigenvalue weighted by Gasteiger charge is 2.27. The van der Waals surface area contributed by atoms with Crippen LogP contribution in [-0.4, -0.2) is 37.2 Å². The zero-order valence-corrected chi connectivity index (χ0v) is 13.0. The summed E-state index contributed by atoms with van der Waals surface area (Å²) >= 11 is 0. The van der Waals surface area contributed by atoms with Crippen LogP contribution in [0.5, 0.6) is 5.75 Å². The van der Waals surface area contributed by atoms with Gasteiger partial charge in [0.25, 0.3) is 0 Å². The lowest BCUT2D eigenvalue weighted by atomic mass is 9.97. The Morgan fingerprint density at radius 1 is 1.29 bits per heavy atom. The van der Waals surface area contributed by atoms with Gasteiger partial charge in [0.15, 0.2) is 0 Å². The molecule has 0 bridgehead atoms. The van der Waals surface area contributed by atoms with Crippen molar-refractivity contribution in [3.05, 3.63) is 29.8 Å². The third-order valence-corrected chi connectivity index (χ3v) is 3.79. The van der Waals surface area contributed by atoms with Crippen LogP contribution in [0.3, 0.4) is 0 Å². The van der Waals surface area contributed by atoms with Gasteiger partial charge in [0.1, 0.15) is 5.75 Å². The van der Waals surface area contributed by atoms with Crippen molar-refractivity contribution in [3.8, 4) is 5.75 Å². The minimum absolute atomic E-state index is 0.0120. The molecule has 1 aromatic carbocycles. The Labute approximate surface area is 127 Å². The first-order chi connectivity index (χ1) is 10.2. The van der Waals surface area contributed by atoms with Crippen molar-refractivity contribution in [1.82, 2.24) is 4.90 Å². The Morgan fingerprint density at radius 3 is 2.86 bits per heavy atom. The Kier molecular flexibility index (Phi) is 6.05. The Morgan fingerprint density at radius 2 is 2.10 bits per heavy atom. The van der Waals surface area contributed by atoms with Gasteiger partial charge in [-0.15, -0.1) is 0 Å². The van der Waals surface area contributed by atoms with Crippen molar-refractivity contribution in [3.63, 3.8) is 0 Å². The number of ether oxygens (including phenoxy) is 2. The number of hydrogen-bond acceptors (Lipinski definition) is 4. The average Bonchev–Trinajstić information content (AvgIpc) is 2.50. The lowest BCUT2D eigenvalue weighted by molar-refractivity contribution is -0.150. The van der Waals surface area contributed by atoms with Crippen molar-refractivity contribution in [2.45, 2.75) is 33.2 Å². The molecular formula is C17H25NO3. The van der Waals surface area contributed by atoms with Crippen LogP contribution in [-0.2, 0) is 16.1 Å². The standard InChI is InChI=1S/C17H25NO3/c1-3-20-16-10-6-5-8-14(16)12-18-11-7-9-15(13-18)17(19)21-4-2/h5-6,8,10,15H,3-4,7,9,11-13H2,1-2H3/t15-/m1/s1. The van der Waals surface area contributed by atoms with Gasteiger partial charge in [-0.3, -0.25) is 9.69 Å². The highest BCUT2D eigenvalue weighted by molar-refractivity contribution is 5.72. The van der Waals surface area contributed by atoms with E-state index in [4.69, 9.17) is 9.47 Å². The molecule has 116 valence electrons. The zero-order valence-electron chi connectivity index (χ0n) is 13.0. The van der Waals surface area contributed by atoms with Crippen molar-refractivity contribution in [1.29, 1.82) is 0 Å². The third kappa shape index (κ3) is 4.46. The van der Waals surface area contributed by atoms with Crippen LogP contribution in [0.4, 0.5) is 0 Å². The van der Waals surface area contributed by atoms with Crippen LogP contribution in [0.15, 0.2) is 24.3 Å². The number of nitrogens with zero attached hydrogens (tertiary/aromatic N) is 1. The smallest absolute Gasteiger partial charge is 0.310 e. The molecule has 0 spiro atoms. The van der Waals surface area contributed by atoms with Gasteiger partial charge in [-0.1, -0.05) is 18.2 Å². The molecule has 0 saturated carbocycles. The second-order valence-corrected chi connectivity index (χ2v) is 5.37. The van der Waals surface area contributed by atoms with Crippen molar-refractivity contribution in [2.75, 3.05) is 26.3 Å². The largest absolute Gasteiger partial charge is 0.494 e. The van der Waals surface area contributed by atoms with Gasteiger partial charge < -0.3 is 9.47 Å². The van der Waals surface area contributed by atoms with Crippen LogP contribution in [0.2, 0.25) is 0 Å². The molecule has 0 radical (unpaired) electrons. The molecule has 1 aromatic rings. The molecule has 0 unspecified atom stereocenters. The monoisotopic (exact) mass is 291 g/mol. The van der Waals surface area contributed by atoms with E-state index in [1.165, 1.54) is 5.56 Å². The average molecular weight is 291 g/mol. The molecule has 4 nitrogen and oxygen atoms in total. The summed E-state index contributed by atoms with van der Waals surface area (Å²) in [4.78, 5) is 14.2. The zero-order chi connectivity index (χ0) is 15.1. The van der Waals surface area contributed by atoms with Gasteiger partial charge in [-0.2, -0.15) is 0 Å². The number of benzene rings is 1. The fraction of sp³-hybridized carbons (Fsp3) is 0.588. The molecule has 0 aromatic heterocycles. The van der Waals surface area contributed by atoms with E-state index in [9.17, 15) is 4.79 Å². The predicted octanol–water partition coefficient (Wildman–Crippen LogP) is 2.86. The summed E-state index contributed by atoms with van der Waals surface area (Å²) in [5, 5.41) is 0.